The number of benzene rings is 2. The van der Waals surface area contributed by atoms with Gasteiger partial charge in [0, 0.05) is 30.6 Å². The number of phenolic OH excluding ortho intramolecular Hbond substituents is 2. The van der Waals surface area contributed by atoms with E-state index < -0.39 is 0 Å². The zero-order valence-corrected chi connectivity index (χ0v) is 8.96. The lowest BCUT2D eigenvalue weighted by molar-refractivity contribution is 0.475. The number of aromatic hydroxyl groups is 2. The van der Waals surface area contributed by atoms with Crippen LogP contribution in [0, 0.1) is 0 Å². The van der Waals surface area contributed by atoms with Crippen molar-refractivity contribution in [2.45, 2.75) is 0 Å². The van der Waals surface area contributed by atoms with Crippen LogP contribution in [-0.2, 0) is 0 Å². The Morgan fingerprint density at radius 3 is 1.62 bits per heavy atom. The molecule has 2 N–H and O–H groups in total. The van der Waals surface area contributed by atoms with Gasteiger partial charge in [0.05, 0.1) is 0 Å². The summed E-state index contributed by atoms with van der Waals surface area (Å²) in [4.78, 5) is 1.89. The van der Waals surface area contributed by atoms with Crippen LogP contribution in [0.3, 0.4) is 0 Å². The average Bonchev–Trinajstić information content (AvgIpc) is 2.28. The van der Waals surface area contributed by atoms with Gasteiger partial charge in [0.1, 0.15) is 11.5 Å². The first-order valence-electron chi connectivity index (χ1n) is 4.98. The van der Waals surface area contributed by atoms with Crippen molar-refractivity contribution in [2.75, 3.05) is 11.9 Å². The van der Waals surface area contributed by atoms with Crippen LogP contribution in [0.2, 0.25) is 0 Å². The summed E-state index contributed by atoms with van der Waals surface area (Å²) in [5, 5.41) is 18.8. The molecular formula is C13H13NO2. The summed E-state index contributed by atoms with van der Waals surface area (Å²) in [7, 11) is 1.88. The number of hydrogen-bond donors (Lipinski definition) is 2. The Labute approximate surface area is 94.2 Å². The Bertz CT molecular complexity index is 451. The zero-order valence-electron chi connectivity index (χ0n) is 8.96. The van der Waals surface area contributed by atoms with Gasteiger partial charge in [0.15, 0.2) is 0 Å². The van der Waals surface area contributed by atoms with Crippen LogP contribution < -0.4 is 4.90 Å². The zero-order chi connectivity index (χ0) is 11.5. The number of hydrogen-bond acceptors (Lipinski definition) is 3. The smallest absolute Gasteiger partial charge is 0.117 e. The highest BCUT2D eigenvalue weighted by atomic mass is 16.3. The number of nitrogens with zero attached hydrogens (tertiary/aromatic N) is 1. The van der Waals surface area contributed by atoms with Gasteiger partial charge in [-0.3, -0.25) is 0 Å². The minimum Gasteiger partial charge on any atom is -0.508 e. The summed E-state index contributed by atoms with van der Waals surface area (Å²) in [5.41, 5.74) is 1.73. The highest BCUT2D eigenvalue weighted by Crippen LogP contribution is 2.28. The summed E-state index contributed by atoms with van der Waals surface area (Å²) in [6, 6.07) is 13.9. The number of phenols is 2. The Morgan fingerprint density at radius 1 is 0.812 bits per heavy atom. The largest absolute Gasteiger partial charge is 0.508 e. The number of rotatable bonds is 2. The molecule has 0 saturated carbocycles. The molecule has 0 unspecified atom stereocenters. The van der Waals surface area contributed by atoms with Crippen LogP contribution in [0.25, 0.3) is 0 Å². The Balaban J connectivity index is 2.35. The van der Waals surface area contributed by atoms with Crippen LogP contribution in [0.15, 0.2) is 48.5 Å². The van der Waals surface area contributed by atoms with E-state index >= 15 is 0 Å². The maximum absolute atomic E-state index is 9.39. The Kier molecular flexibility index (Phi) is 2.68. The first-order valence-corrected chi connectivity index (χ1v) is 4.98. The molecule has 0 heterocycles. The van der Waals surface area contributed by atoms with E-state index in [1.54, 1.807) is 36.4 Å². The molecule has 0 radical (unpaired) electrons. The van der Waals surface area contributed by atoms with Gasteiger partial charge in [-0.25, -0.2) is 0 Å². The molecular weight excluding hydrogens is 202 g/mol. The predicted octanol–water partition coefficient (Wildman–Crippen LogP) is 2.87. The summed E-state index contributed by atoms with van der Waals surface area (Å²) >= 11 is 0. The van der Waals surface area contributed by atoms with Crippen LogP contribution in [0.5, 0.6) is 11.5 Å². The molecule has 0 spiro atoms. The molecule has 0 aromatic heterocycles. The van der Waals surface area contributed by atoms with Crippen molar-refractivity contribution in [1.82, 2.24) is 0 Å². The Hall–Kier alpha value is -2.16. The lowest BCUT2D eigenvalue weighted by Gasteiger charge is -2.19. The maximum atomic E-state index is 9.39. The highest BCUT2D eigenvalue weighted by molar-refractivity contribution is 5.64. The molecule has 0 aliphatic carbocycles. The van der Waals surface area contributed by atoms with E-state index in [-0.39, 0.29) is 11.5 Å². The van der Waals surface area contributed by atoms with E-state index in [1.165, 1.54) is 0 Å². The second kappa shape index (κ2) is 4.14. The highest BCUT2D eigenvalue weighted by Gasteiger charge is 2.04. The molecule has 0 atom stereocenters. The van der Waals surface area contributed by atoms with E-state index in [1.807, 2.05) is 24.1 Å². The normalized spacial score (nSPS) is 10.1. The van der Waals surface area contributed by atoms with E-state index in [9.17, 15) is 10.2 Å². The molecule has 0 bridgehead atoms. The molecule has 0 saturated heterocycles. The van der Waals surface area contributed by atoms with Crippen LogP contribution >= 0.6 is 0 Å². The fourth-order valence-electron chi connectivity index (χ4n) is 1.55. The third-order valence-electron chi connectivity index (χ3n) is 2.43. The molecule has 0 fully saturated rings. The van der Waals surface area contributed by atoms with Crippen molar-refractivity contribution >= 4 is 11.4 Å². The van der Waals surface area contributed by atoms with Crippen molar-refractivity contribution in [3.05, 3.63) is 48.5 Å². The quantitative estimate of drug-likeness (QED) is 0.809. The summed E-state index contributed by atoms with van der Waals surface area (Å²) in [6.07, 6.45) is 0. The lowest BCUT2D eigenvalue weighted by Crippen LogP contribution is -2.08. The van der Waals surface area contributed by atoms with Crippen molar-refractivity contribution < 1.29 is 10.2 Å². The van der Waals surface area contributed by atoms with Crippen molar-refractivity contribution in [3.8, 4) is 11.5 Å². The fraction of sp³-hybridized carbons (Fsp3) is 0.0769. The van der Waals surface area contributed by atoms with Gasteiger partial charge in [-0.1, -0.05) is 12.1 Å². The second-order valence-corrected chi connectivity index (χ2v) is 3.60. The first-order chi connectivity index (χ1) is 7.66. The molecule has 0 aliphatic rings. The van der Waals surface area contributed by atoms with Gasteiger partial charge in [0.2, 0.25) is 0 Å². The molecule has 0 aliphatic heterocycles. The maximum Gasteiger partial charge on any atom is 0.117 e. The molecule has 2 rings (SSSR count). The van der Waals surface area contributed by atoms with Crippen molar-refractivity contribution in [1.29, 1.82) is 0 Å². The monoisotopic (exact) mass is 215 g/mol. The SMILES string of the molecule is CN(c1cccc(O)c1)c1cccc(O)c1. The molecule has 2 aromatic carbocycles. The molecule has 16 heavy (non-hydrogen) atoms. The van der Waals surface area contributed by atoms with E-state index in [4.69, 9.17) is 0 Å². The second-order valence-electron chi connectivity index (χ2n) is 3.60. The van der Waals surface area contributed by atoms with Gasteiger partial charge < -0.3 is 15.1 Å². The fourth-order valence-corrected chi connectivity index (χ4v) is 1.55. The van der Waals surface area contributed by atoms with Gasteiger partial charge in [-0.2, -0.15) is 0 Å². The molecule has 82 valence electrons. The minimum atomic E-state index is 0.226. The standard InChI is InChI=1S/C13H13NO2/c1-14(10-4-2-6-12(15)8-10)11-5-3-7-13(16)9-11/h2-9,15-16H,1H3. The van der Waals surface area contributed by atoms with Crippen molar-refractivity contribution in [3.63, 3.8) is 0 Å². The molecule has 3 heteroatoms. The van der Waals surface area contributed by atoms with Gasteiger partial charge in [-0.15, -0.1) is 0 Å². The van der Waals surface area contributed by atoms with E-state index in [0.717, 1.165) is 11.4 Å². The topological polar surface area (TPSA) is 43.7 Å². The van der Waals surface area contributed by atoms with Gasteiger partial charge >= 0.3 is 0 Å². The Morgan fingerprint density at radius 2 is 1.25 bits per heavy atom. The minimum absolute atomic E-state index is 0.226. The summed E-state index contributed by atoms with van der Waals surface area (Å²) in [5.74, 6) is 0.453. The van der Waals surface area contributed by atoms with E-state index in [2.05, 4.69) is 0 Å². The van der Waals surface area contributed by atoms with Gasteiger partial charge in [-0.05, 0) is 24.3 Å². The molecule has 3 nitrogen and oxygen atoms in total. The third kappa shape index (κ3) is 2.08. The van der Waals surface area contributed by atoms with Crippen LogP contribution in [0.1, 0.15) is 0 Å². The summed E-state index contributed by atoms with van der Waals surface area (Å²) in [6.45, 7) is 0. The van der Waals surface area contributed by atoms with E-state index in [0.29, 0.717) is 0 Å². The average molecular weight is 215 g/mol. The van der Waals surface area contributed by atoms with Crippen LogP contribution in [-0.4, -0.2) is 17.3 Å². The third-order valence-corrected chi connectivity index (χ3v) is 2.43. The van der Waals surface area contributed by atoms with Crippen molar-refractivity contribution in [2.24, 2.45) is 0 Å². The van der Waals surface area contributed by atoms with Gasteiger partial charge in [0.25, 0.3) is 0 Å². The first kappa shape index (κ1) is 10.4. The number of anilines is 2. The molecule has 2 aromatic rings. The molecule has 0 amide bonds. The lowest BCUT2D eigenvalue weighted by atomic mass is 10.2. The summed E-state index contributed by atoms with van der Waals surface area (Å²) < 4.78 is 0. The van der Waals surface area contributed by atoms with Crippen LogP contribution in [0.4, 0.5) is 11.4 Å². The predicted molar refractivity (Wildman–Crippen MR) is 64.3 cm³/mol.